The van der Waals surface area contributed by atoms with Gasteiger partial charge in [0.1, 0.15) is 30.3 Å². The highest BCUT2D eigenvalue weighted by Gasteiger charge is 2.50. The van der Waals surface area contributed by atoms with Crippen LogP contribution in [-0.2, 0) is 34.4 Å². The van der Waals surface area contributed by atoms with E-state index in [1.54, 1.807) is 7.05 Å². The number of non-ortho nitro benzene ring substituents is 1. The molecule has 1 aliphatic rings. The van der Waals surface area contributed by atoms with Crippen LogP contribution in [0.2, 0.25) is 0 Å². The molecular weight excluding hydrogens is 607 g/mol. The number of carbonyl (C=O) groups is 1. The lowest BCUT2D eigenvalue weighted by molar-refractivity contribution is -0.384. The van der Waals surface area contributed by atoms with Crippen LogP contribution in [-0.4, -0.2) is 66.8 Å². The van der Waals surface area contributed by atoms with Crippen LogP contribution in [0, 0.1) is 10.1 Å². The van der Waals surface area contributed by atoms with E-state index in [9.17, 15) is 29.1 Å². The zero-order valence-electron chi connectivity index (χ0n) is 23.6. The van der Waals surface area contributed by atoms with Crippen LogP contribution in [0.3, 0.4) is 0 Å². The van der Waals surface area contributed by atoms with Gasteiger partial charge in [0.15, 0.2) is 6.23 Å². The smallest absolute Gasteiger partial charge is 0.429 e. The van der Waals surface area contributed by atoms with Crippen molar-refractivity contribution in [3.8, 4) is 11.5 Å². The van der Waals surface area contributed by atoms with Crippen molar-refractivity contribution in [3.63, 3.8) is 0 Å². The average molecular weight is 637 g/mol. The van der Waals surface area contributed by atoms with E-state index in [0.717, 1.165) is 17.7 Å². The molecule has 0 saturated carbocycles. The number of likely N-dealkylation sites (N-methyl/N-ethyl adjacent to an activating group) is 1. The molecule has 1 saturated heterocycles. The zero-order valence-corrected chi connectivity index (χ0v) is 24.5. The van der Waals surface area contributed by atoms with Gasteiger partial charge < -0.3 is 28.8 Å². The number of carbonyl (C=O) groups excluding carboxylic acids is 1. The van der Waals surface area contributed by atoms with E-state index in [1.165, 1.54) is 61.8 Å². The molecule has 0 aliphatic carbocycles. The first kappa shape index (κ1) is 32.5. The summed E-state index contributed by atoms with van der Waals surface area (Å²) in [6.07, 6.45) is -2.54. The first-order valence-electron chi connectivity index (χ1n) is 12.9. The summed E-state index contributed by atoms with van der Waals surface area (Å²) in [6, 6.07) is 11.3. The van der Waals surface area contributed by atoms with Gasteiger partial charge in [-0.2, -0.15) is 0 Å². The van der Waals surface area contributed by atoms with E-state index in [2.05, 4.69) is 10.3 Å². The predicted octanol–water partition coefficient (Wildman–Crippen LogP) is 2.51. The molecule has 236 valence electrons. The van der Waals surface area contributed by atoms with Crippen LogP contribution in [0.1, 0.15) is 11.8 Å². The van der Waals surface area contributed by atoms with Gasteiger partial charge in [-0.25, -0.2) is 14.2 Å². The molecule has 5 atom stereocenters. The first-order valence-corrected chi connectivity index (χ1v) is 14.4. The van der Waals surface area contributed by atoms with Gasteiger partial charge in [0.2, 0.25) is 0 Å². The lowest BCUT2D eigenvalue weighted by Gasteiger charge is -2.27. The molecule has 18 heteroatoms. The molecule has 3 aromatic rings. The summed E-state index contributed by atoms with van der Waals surface area (Å²) in [5, 5.41) is 13.7. The van der Waals surface area contributed by atoms with E-state index >= 15 is 0 Å². The van der Waals surface area contributed by atoms with Gasteiger partial charge in [-0.15, -0.1) is 0 Å². The molecule has 1 fully saturated rings. The number of benzene rings is 2. The Balaban J connectivity index is 1.39. The largest absolute Gasteiger partial charge is 0.530 e. The van der Waals surface area contributed by atoms with Gasteiger partial charge >= 0.3 is 19.7 Å². The van der Waals surface area contributed by atoms with Gasteiger partial charge in [0.25, 0.3) is 11.2 Å². The standard InChI is InChI=1S/C26H29N4O13P/c1-27-22-23(20(15-37-2)41-24(22)29-13-12-21(31)28-25(29)32)43-44(36,38-3)42-19-8-4-16(5-9-19)14-39-26(33)40-18-10-6-17(7-11-18)30(34)35/h4-13,20,22-24,27H,14-15H2,1-3H3,(H,28,31,32)/t20-,22?,23?,24-,44?/m1/s1. The summed E-state index contributed by atoms with van der Waals surface area (Å²) in [5.41, 5.74) is -0.922. The highest BCUT2D eigenvalue weighted by atomic mass is 31.2. The van der Waals surface area contributed by atoms with Crippen LogP contribution in [0.5, 0.6) is 11.5 Å². The van der Waals surface area contributed by atoms with Gasteiger partial charge in [-0.1, -0.05) is 12.1 Å². The van der Waals surface area contributed by atoms with E-state index in [-0.39, 0.29) is 30.4 Å². The second kappa shape index (κ2) is 14.4. The molecule has 44 heavy (non-hydrogen) atoms. The number of nitro groups is 1. The van der Waals surface area contributed by atoms with Crippen LogP contribution >= 0.6 is 7.82 Å². The summed E-state index contributed by atoms with van der Waals surface area (Å²) >= 11 is 0. The van der Waals surface area contributed by atoms with Crippen molar-refractivity contribution in [2.75, 3.05) is 27.9 Å². The van der Waals surface area contributed by atoms with Gasteiger partial charge in [0, 0.05) is 38.6 Å². The minimum atomic E-state index is -4.28. The number of methoxy groups -OCH3 is 1. The van der Waals surface area contributed by atoms with E-state index in [1.807, 2.05) is 0 Å². The molecule has 4 rings (SSSR count). The number of hydrogen-bond donors (Lipinski definition) is 2. The summed E-state index contributed by atoms with van der Waals surface area (Å²) in [4.78, 5) is 48.3. The fourth-order valence-electron chi connectivity index (χ4n) is 4.27. The van der Waals surface area contributed by atoms with E-state index in [0.29, 0.717) is 5.56 Å². The molecule has 2 N–H and O–H groups in total. The highest BCUT2D eigenvalue weighted by Crippen LogP contribution is 2.52. The van der Waals surface area contributed by atoms with Crippen molar-refractivity contribution < 1.29 is 46.8 Å². The van der Waals surface area contributed by atoms with Crippen molar-refractivity contribution in [2.45, 2.75) is 31.1 Å². The zero-order chi connectivity index (χ0) is 31.9. The summed E-state index contributed by atoms with van der Waals surface area (Å²) in [7, 11) is -0.126. The average Bonchev–Trinajstić information content (AvgIpc) is 3.33. The Morgan fingerprint density at radius 2 is 1.77 bits per heavy atom. The summed E-state index contributed by atoms with van der Waals surface area (Å²) in [5.74, 6) is 0.168. The minimum absolute atomic E-state index is 0.00247. The number of aromatic nitrogens is 2. The Morgan fingerprint density at radius 1 is 1.09 bits per heavy atom. The maximum atomic E-state index is 13.6. The fraction of sp³-hybridized carbons (Fsp3) is 0.346. The Labute approximate surface area is 249 Å². The van der Waals surface area contributed by atoms with Crippen molar-refractivity contribution in [1.29, 1.82) is 0 Å². The molecule has 3 unspecified atom stereocenters. The number of hydrogen-bond acceptors (Lipinski definition) is 14. The maximum Gasteiger partial charge on any atom is 0.530 e. The molecule has 2 aromatic carbocycles. The summed E-state index contributed by atoms with van der Waals surface area (Å²) in [6.45, 7) is -0.180. The van der Waals surface area contributed by atoms with Crippen LogP contribution < -0.4 is 25.8 Å². The third-order valence-electron chi connectivity index (χ3n) is 6.35. The van der Waals surface area contributed by atoms with E-state index in [4.69, 9.17) is 32.5 Å². The normalized spacial score (nSPS) is 20.9. The number of aromatic amines is 1. The molecule has 0 spiro atoms. The van der Waals surface area contributed by atoms with Gasteiger partial charge in [0.05, 0.1) is 17.6 Å². The maximum absolute atomic E-state index is 13.6. The number of H-pyrrole nitrogens is 1. The van der Waals surface area contributed by atoms with Crippen LogP contribution in [0.15, 0.2) is 70.4 Å². The van der Waals surface area contributed by atoms with Gasteiger partial charge in [-0.05, 0) is 36.9 Å². The second-order valence-electron chi connectivity index (χ2n) is 9.18. The van der Waals surface area contributed by atoms with E-state index < -0.39 is 54.6 Å². The van der Waals surface area contributed by atoms with Crippen molar-refractivity contribution in [3.05, 3.63) is 97.3 Å². The number of ether oxygens (including phenoxy) is 4. The molecule has 17 nitrogen and oxygen atoms in total. The van der Waals surface area contributed by atoms with Crippen molar-refractivity contribution in [2.24, 2.45) is 0 Å². The van der Waals surface area contributed by atoms with Crippen molar-refractivity contribution >= 4 is 19.7 Å². The molecule has 1 aliphatic heterocycles. The molecule has 2 heterocycles. The number of nitro benzene ring substituents is 1. The van der Waals surface area contributed by atoms with Crippen LogP contribution in [0.25, 0.3) is 0 Å². The number of phosphoric ester groups is 1. The SMILES string of the molecule is CNC1C(OP(=O)(OC)Oc2ccc(COC(=O)Oc3ccc([N+](=O)[O-])cc3)cc2)[C@@H](COC)O[C@H]1n1ccc(=O)[nH]c1=O. The lowest BCUT2D eigenvalue weighted by Crippen LogP contribution is -2.46. The monoisotopic (exact) mass is 636 g/mol. The number of phosphoric acid groups is 1. The quantitative estimate of drug-likeness (QED) is 0.0908. The number of rotatable bonds is 13. The Kier molecular flexibility index (Phi) is 10.6. The highest BCUT2D eigenvalue weighted by molar-refractivity contribution is 7.48. The summed E-state index contributed by atoms with van der Waals surface area (Å²) < 4.78 is 52.6. The third kappa shape index (κ3) is 7.96. The minimum Gasteiger partial charge on any atom is -0.429 e. The molecule has 1 aromatic heterocycles. The topological polar surface area (TPSA) is 209 Å². The second-order valence-corrected chi connectivity index (χ2v) is 10.8. The van der Waals surface area contributed by atoms with Crippen molar-refractivity contribution in [1.82, 2.24) is 14.9 Å². The number of nitrogens with zero attached hydrogens (tertiary/aromatic N) is 2. The molecule has 0 bridgehead atoms. The van der Waals surface area contributed by atoms with Crippen LogP contribution in [0.4, 0.5) is 10.5 Å². The fourth-order valence-corrected chi connectivity index (χ4v) is 5.42. The number of nitrogens with one attached hydrogen (secondary N) is 2. The molecule has 0 amide bonds. The molecular formula is C26H29N4O13P. The predicted molar refractivity (Wildman–Crippen MR) is 150 cm³/mol. The Bertz CT molecular complexity index is 1610. The Morgan fingerprint density at radius 3 is 2.36 bits per heavy atom. The third-order valence-corrected chi connectivity index (χ3v) is 7.74. The first-order chi connectivity index (χ1) is 21.1. The Hall–Kier alpha value is -4.38. The lowest BCUT2D eigenvalue weighted by atomic mass is 10.1. The molecule has 0 radical (unpaired) electrons. The van der Waals surface area contributed by atoms with Gasteiger partial charge in [-0.3, -0.25) is 33.5 Å².